The van der Waals surface area contributed by atoms with Crippen LogP contribution in [0, 0.1) is 0 Å². The van der Waals surface area contributed by atoms with E-state index < -0.39 is 0 Å². The molecule has 2 atom stereocenters. The second-order valence-electron chi connectivity index (χ2n) is 6.51. The third-order valence-corrected chi connectivity index (χ3v) is 4.71. The van der Waals surface area contributed by atoms with Gasteiger partial charge in [0.15, 0.2) is 0 Å². The Hall–Kier alpha value is -0.900. The molecular formula is C17H27N3. The van der Waals surface area contributed by atoms with Gasteiger partial charge in [0.05, 0.1) is 0 Å². The van der Waals surface area contributed by atoms with Crippen LogP contribution in [0.1, 0.15) is 30.0 Å². The van der Waals surface area contributed by atoms with Gasteiger partial charge >= 0.3 is 0 Å². The lowest BCUT2D eigenvalue weighted by molar-refractivity contribution is 0.188. The van der Waals surface area contributed by atoms with Gasteiger partial charge in [0, 0.05) is 25.2 Å². The molecule has 1 aromatic carbocycles. The Morgan fingerprint density at radius 3 is 3.00 bits per heavy atom. The van der Waals surface area contributed by atoms with Gasteiger partial charge < -0.3 is 10.2 Å². The highest BCUT2D eigenvalue weighted by atomic mass is 15.2. The van der Waals surface area contributed by atoms with Gasteiger partial charge in [-0.3, -0.25) is 4.90 Å². The quantitative estimate of drug-likeness (QED) is 0.904. The Balaban J connectivity index is 1.69. The lowest BCUT2D eigenvalue weighted by Crippen LogP contribution is -2.44. The van der Waals surface area contributed by atoms with Gasteiger partial charge in [0.1, 0.15) is 0 Å². The van der Waals surface area contributed by atoms with Crippen LogP contribution < -0.4 is 5.32 Å². The molecule has 20 heavy (non-hydrogen) atoms. The molecule has 1 fully saturated rings. The maximum Gasteiger partial charge on any atom is 0.0452 e. The molecule has 110 valence electrons. The van der Waals surface area contributed by atoms with Crippen molar-refractivity contribution in [3.63, 3.8) is 0 Å². The van der Waals surface area contributed by atoms with Crippen molar-refractivity contribution in [2.24, 2.45) is 0 Å². The fourth-order valence-electron chi connectivity index (χ4n) is 3.75. The van der Waals surface area contributed by atoms with Crippen molar-refractivity contribution < 1.29 is 0 Å². The first kappa shape index (κ1) is 14.1. The number of nitrogens with one attached hydrogen (secondary N) is 1. The lowest BCUT2D eigenvalue weighted by atomic mass is 9.94. The maximum absolute atomic E-state index is 3.72. The summed E-state index contributed by atoms with van der Waals surface area (Å²) in [4.78, 5) is 5.02. The van der Waals surface area contributed by atoms with Crippen LogP contribution in [0.2, 0.25) is 0 Å². The molecule has 2 aliphatic heterocycles. The minimum absolute atomic E-state index is 0.516. The SMILES string of the molecule is CN(C)CC1CCCN1CC1NCCc2ccccc21. The summed E-state index contributed by atoms with van der Waals surface area (Å²) in [6, 6.07) is 10.2. The summed E-state index contributed by atoms with van der Waals surface area (Å²) in [5, 5.41) is 3.72. The Morgan fingerprint density at radius 2 is 2.15 bits per heavy atom. The number of fused-ring (bicyclic) bond motifs is 1. The molecule has 0 aliphatic carbocycles. The number of likely N-dealkylation sites (tertiary alicyclic amines) is 1. The average Bonchev–Trinajstić information content (AvgIpc) is 2.86. The molecule has 0 amide bonds. The molecule has 1 aromatic rings. The molecule has 2 heterocycles. The number of benzene rings is 1. The standard InChI is InChI=1S/C17H27N3/c1-19(2)12-15-7-5-11-20(15)13-17-16-8-4-3-6-14(16)9-10-18-17/h3-4,6,8,15,17-18H,5,7,9-13H2,1-2H3. The molecule has 3 heteroatoms. The van der Waals surface area contributed by atoms with Gasteiger partial charge in [-0.2, -0.15) is 0 Å². The topological polar surface area (TPSA) is 18.5 Å². The molecule has 2 aliphatic rings. The van der Waals surface area contributed by atoms with Gasteiger partial charge in [0.2, 0.25) is 0 Å². The van der Waals surface area contributed by atoms with Crippen molar-refractivity contribution in [2.45, 2.75) is 31.3 Å². The highest BCUT2D eigenvalue weighted by Crippen LogP contribution is 2.26. The fraction of sp³-hybridized carbons (Fsp3) is 0.647. The molecule has 0 bridgehead atoms. The van der Waals surface area contributed by atoms with Crippen LogP contribution >= 0.6 is 0 Å². The number of rotatable bonds is 4. The third-order valence-electron chi connectivity index (χ3n) is 4.71. The normalized spacial score (nSPS) is 26.9. The van der Waals surface area contributed by atoms with Gasteiger partial charge in [-0.15, -0.1) is 0 Å². The predicted molar refractivity (Wildman–Crippen MR) is 84.0 cm³/mol. The van der Waals surface area contributed by atoms with Crippen LogP contribution in [0.15, 0.2) is 24.3 Å². The second-order valence-corrected chi connectivity index (χ2v) is 6.51. The van der Waals surface area contributed by atoms with Crippen LogP contribution in [0.5, 0.6) is 0 Å². The van der Waals surface area contributed by atoms with Crippen LogP contribution in [-0.4, -0.2) is 56.1 Å². The highest BCUT2D eigenvalue weighted by Gasteiger charge is 2.29. The Kier molecular flexibility index (Phi) is 4.39. The predicted octanol–water partition coefficient (Wildman–Crippen LogP) is 1.90. The van der Waals surface area contributed by atoms with Crippen molar-refractivity contribution in [1.29, 1.82) is 0 Å². The highest BCUT2D eigenvalue weighted by molar-refractivity contribution is 5.32. The molecule has 3 rings (SSSR count). The van der Waals surface area contributed by atoms with Crippen molar-refractivity contribution in [1.82, 2.24) is 15.1 Å². The van der Waals surface area contributed by atoms with Crippen LogP contribution in [0.25, 0.3) is 0 Å². The third kappa shape index (κ3) is 3.05. The zero-order chi connectivity index (χ0) is 13.9. The van der Waals surface area contributed by atoms with E-state index in [2.05, 4.69) is 53.5 Å². The Labute approximate surface area is 123 Å². The molecular weight excluding hydrogens is 246 g/mol. The van der Waals surface area contributed by atoms with Gasteiger partial charge in [-0.25, -0.2) is 0 Å². The van der Waals surface area contributed by atoms with E-state index in [1.54, 1.807) is 5.56 Å². The van der Waals surface area contributed by atoms with E-state index in [1.807, 2.05) is 0 Å². The second kappa shape index (κ2) is 6.25. The van der Waals surface area contributed by atoms with E-state index in [1.165, 1.54) is 37.9 Å². The van der Waals surface area contributed by atoms with E-state index in [9.17, 15) is 0 Å². The number of likely N-dealkylation sites (N-methyl/N-ethyl adjacent to an activating group) is 1. The van der Waals surface area contributed by atoms with E-state index in [0.717, 1.165) is 19.1 Å². The summed E-state index contributed by atoms with van der Waals surface area (Å²) in [7, 11) is 4.37. The first-order valence-corrected chi connectivity index (χ1v) is 7.94. The summed E-state index contributed by atoms with van der Waals surface area (Å²) < 4.78 is 0. The van der Waals surface area contributed by atoms with Crippen molar-refractivity contribution in [3.8, 4) is 0 Å². The molecule has 0 aromatic heterocycles. The zero-order valence-electron chi connectivity index (χ0n) is 12.8. The van der Waals surface area contributed by atoms with Crippen molar-refractivity contribution >= 4 is 0 Å². The molecule has 2 unspecified atom stereocenters. The summed E-state index contributed by atoms with van der Waals surface area (Å²) >= 11 is 0. The number of hydrogen-bond acceptors (Lipinski definition) is 3. The molecule has 0 saturated carbocycles. The maximum atomic E-state index is 3.72. The molecule has 0 spiro atoms. The molecule has 3 nitrogen and oxygen atoms in total. The zero-order valence-corrected chi connectivity index (χ0v) is 12.8. The monoisotopic (exact) mass is 273 g/mol. The van der Waals surface area contributed by atoms with Crippen molar-refractivity contribution in [2.75, 3.05) is 40.3 Å². The summed E-state index contributed by atoms with van der Waals surface area (Å²) in [6.45, 7) is 4.73. The Morgan fingerprint density at radius 1 is 1.30 bits per heavy atom. The fourth-order valence-corrected chi connectivity index (χ4v) is 3.75. The smallest absolute Gasteiger partial charge is 0.0452 e. The number of hydrogen-bond donors (Lipinski definition) is 1. The van der Waals surface area contributed by atoms with Gasteiger partial charge in [-0.05, 0) is 57.6 Å². The van der Waals surface area contributed by atoms with Crippen molar-refractivity contribution in [3.05, 3.63) is 35.4 Å². The van der Waals surface area contributed by atoms with Gasteiger partial charge in [-0.1, -0.05) is 24.3 Å². The van der Waals surface area contributed by atoms with E-state index in [-0.39, 0.29) is 0 Å². The minimum Gasteiger partial charge on any atom is -0.309 e. The largest absolute Gasteiger partial charge is 0.309 e. The van der Waals surface area contributed by atoms with Gasteiger partial charge in [0.25, 0.3) is 0 Å². The summed E-state index contributed by atoms with van der Waals surface area (Å²) in [5.41, 5.74) is 3.06. The first-order valence-electron chi connectivity index (χ1n) is 7.94. The first-order chi connectivity index (χ1) is 9.74. The average molecular weight is 273 g/mol. The molecule has 0 radical (unpaired) electrons. The summed E-state index contributed by atoms with van der Waals surface area (Å²) in [5.74, 6) is 0. The molecule has 1 saturated heterocycles. The van der Waals surface area contributed by atoms with Crippen LogP contribution in [-0.2, 0) is 6.42 Å². The summed E-state index contributed by atoms with van der Waals surface area (Å²) in [6.07, 6.45) is 3.88. The van der Waals surface area contributed by atoms with Crippen LogP contribution in [0.4, 0.5) is 0 Å². The minimum atomic E-state index is 0.516. The molecule has 1 N–H and O–H groups in total. The van der Waals surface area contributed by atoms with E-state index in [4.69, 9.17) is 0 Å². The Bertz CT molecular complexity index is 444. The van der Waals surface area contributed by atoms with E-state index in [0.29, 0.717) is 6.04 Å². The van der Waals surface area contributed by atoms with E-state index >= 15 is 0 Å². The van der Waals surface area contributed by atoms with Crippen LogP contribution in [0.3, 0.4) is 0 Å². The number of nitrogens with zero attached hydrogens (tertiary/aromatic N) is 2. The lowest BCUT2D eigenvalue weighted by Gasteiger charge is -2.34.